The lowest BCUT2D eigenvalue weighted by atomic mass is 9.78. The molecule has 0 fully saturated rings. The molecule has 0 unspecified atom stereocenters. The summed E-state index contributed by atoms with van der Waals surface area (Å²) in [5.74, 6) is 3.31. The van der Waals surface area contributed by atoms with Crippen LogP contribution < -0.4 is 9.47 Å². The van der Waals surface area contributed by atoms with E-state index in [2.05, 4.69) is 67.6 Å². The van der Waals surface area contributed by atoms with Crippen molar-refractivity contribution in [1.29, 1.82) is 0 Å². The van der Waals surface area contributed by atoms with Gasteiger partial charge in [-0.05, 0) is 48.4 Å². The molecule has 6 aromatic carbocycles. The van der Waals surface area contributed by atoms with Crippen LogP contribution >= 0.6 is 0 Å². The van der Waals surface area contributed by atoms with Crippen molar-refractivity contribution in [2.75, 3.05) is 0 Å². The lowest BCUT2D eigenvalue weighted by Crippen LogP contribution is -2.32. The third-order valence-corrected chi connectivity index (χ3v) is 8.70. The van der Waals surface area contributed by atoms with Gasteiger partial charge in [-0.15, -0.1) is 0 Å². The molecular weight excluding hydrogens is 544 g/mol. The summed E-state index contributed by atoms with van der Waals surface area (Å²) >= 11 is 0. The lowest BCUT2D eigenvalue weighted by molar-refractivity contribution is 0.0224. The molecular formula is C40H28O4. The summed E-state index contributed by atoms with van der Waals surface area (Å²) in [6, 6.07) is 48.3. The normalized spacial score (nSPS) is 14.7. The average Bonchev–Trinajstić information content (AvgIpc) is 3.37. The molecule has 3 heterocycles. The maximum absolute atomic E-state index is 12.5. The largest absolute Gasteiger partial charge is 0.457 e. The lowest BCUT2D eigenvalue weighted by Gasteiger charge is -2.36. The molecule has 0 saturated heterocycles. The van der Waals surface area contributed by atoms with Crippen molar-refractivity contribution in [2.24, 2.45) is 0 Å². The number of carbonyl (C=O) groups excluding carboxylic acids is 1. The van der Waals surface area contributed by atoms with Crippen LogP contribution in [0.15, 0.2) is 146 Å². The molecule has 1 spiro atoms. The van der Waals surface area contributed by atoms with Crippen molar-refractivity contribution >= 4 is 5.97 Å². The first-order chi connectivity index (χ1) is 21.6. The maximum atomic E-state index is 12.5. The van der Waals surface area contributed by atoms with Gasteiger partial charge in [0, 0.05) is 33.7 Å². The van der Waals surface area contributed by atoms with Crippen molar-refractivity contribution in [2.45, 2.75) is 18.4 Å². The molecule has 4 heteroatoms. The number of carbonyl (C=O) groups is 1. The fourth-order valence-electron chi connectivity index (χ4n) is 6.73. The molecule has 3 aliphatic heterocycles. The summed E-state index contributed by atoms with van der Waals surface area (Å²) < 4.78 is 18.1. The van der Waals surface area contributed by atoms with Crippen LogP contribution in [0.25, 0.3) is 0 Å². The van der Waals surface area contributed by atoms with Gasteiger partial charge in [-0.25, -0.2) is 4.79 Å². The van der Waals surface area contributed by atoms with Gasteiger partial charge < -0.3 is 14.2 Å². The van der Waals surface area contributed by atoms with E-state index in [1.807, 2.05) is 84.9 Å². The minimum atomic E-state index is -0.931. The van der Waals surface area contributed by atoms with E-state index in [0.717, 1.165) is 39.7 Å². The summed E-state index contributed by atoms with van der Waals surface area (Å²) in [4.78, 5) is 12.5. The Morgan fingerprint density at radius 1 is 0.477 bits per heavy atom. The van der Waals surface area contributed by atoms with Crippen LogP contribution in [0, 0.1) is 6.92 Å². The van der Waals surface area contributed by atoms with E-state index in [4.69, 9.17) is 14.2 Å². The standard InChI is InChI=1S/C20H12O3.C20H16O/c21-19-13-7-1-2-8-14(13)20(23-19)15-9-3-5-11-17(15)22-18-12-6-4-10-16(18)20;1-14-8-2-3-9-15(14)20-16-10-4-6-12-18(16)21-19-13-7-5-11-17(19)20/h1-12H;2-13,20H,1H3. The van der Waals surface area contributed by atoms with Gasteiger partial charge in [0.05, 0.1) is 5.56 Å². The Balaban J connectivity index is 0.000000132. The van der Waals surface area contributed by atoms with E-state index in [0.29, 0.717) is 5.56 Å². The number of rotatable bonds is 1. The number of benzene rings is 6. The first-order valence-electron chi connectivity index (χ1n) is 14.8. The molecule has 9 rings (SSSR count). The van der Waals surface area contributed by atoms with Crippen LogP contribution in [-0.4, -0.2) is 5.97 Å². The number of ether oxygens (including phenoxy) is 3. The number of hydrogen-bond acceptors (Lipinski definition) is 4. The van der Waals surface area contributed by atoms with E-state index in [1.54, 1.807) is 0 Å². The van der Waals surface area contributed by atoms with E-state index in [-0.39, 0.29) is 11.9 Å². The van der Waals surface area contributed by atoms with Crippen molar-refractivity contribution in [3.05, 3.63) is 190 Å². The number of para-hydroxylation sites is 4. The van der Waals surface area contributed by atoms with Crippen molar-refractivity contribution in [1.82, 2.24) is 0 Å². The summed E-state index contributed by atoms with van der Waals surface area (Å²) in [6.45, 7) is 2.18. The van der Waals surface area contributed by atoms with Gasteiger partial charge in [-0.2, -0.15) is 0 Å². The van der Waals surface area contributed by atoms with Crippen molar-refractivity contribution in [3.8, 4) is 23.0 Å². The molecule has 0 radical (unpaired) electrons. The smallest absolute Gasteiger partial charge is 0.340 e. The highest BCUT2D eigenvalue weighted by Gasteiger charge is 2.53. The van der Waals surface area contributed by atoms with E-state index in [1.165, 1.54) is 22.3 Å². The third-order valence-electron chi connectivity index (χ3n) is 8.70. The van der Waals surface area contributed by atoms with E-state index in [9.17, 15) is 4.79 Å². The third kappa shape index (κ3) is 3.95. The Labute approximate surface area is 256 Å². The zero-order valence-electron chi connectivity index (χ0n) is 24.1. The van der Waals surface area contributed by atoms with Crippen LogP contribution in [0.2, 0.25) is 0 Å². The zero-order valence-corrected chi connectivity index (χ0v) is 24.1. The van der Waals surface area contributed by atoms with Crippen molar-refractivity contribution in [3.63, 3.8) is 0 Å². The second-order valence-electron chi connectivity index (χ2n) is 11.2. The summed E-state index contributed by atoms with van der Waals surface area (Å²) in [5, 5.41) is 0. The molecule has 0 bridgehead atoms. The maximum Gasteiger partial charge on any atom is 0.340 e. The fraction of sp³-hybridized carbons (Fsp3) is 0.0750. The Hall–Kier alpha value is -5.61. The van der Waals surface area contributed by atoms with Crippen LogP contribution in [0.3, 0.4) is 0 Å². The molecule has 0 aliphatic carbocycles. The van der Waals surface area contributed by atoms with E-state index < -0.39 is 5.60 Å². The second kappa shape index (κ2) is 10.3. The monoisotopic (exact) mass is 572 g/mol. The summed E-state index contributed by atoms with van der Waals surface area (Å²) in [5.41, 5.74) is 7.41. The minimum Gasteiger partial charge on any atom is -0.457 e. The SMILES string of the molecule is Cc1ccccc1C1c2ccccc2Oc2ccccc21.O=C1OC2(c3ccccc3Oc3ccccc32)c2ccccc21. The molecule has 212 valence electrons. The highest BCUT2D eigenvalue weighted by Crippen LogP contribution is 2.55. The topological polar surface area (TPSA) is 44.8 Å². The predicted molar refractivity (Wildman–Crippen MR) is 170 cm³/mol. The highest BCUT2D eigenvalue weighted by atomic mass is 16.6. The molecule has 0 amide bonds. The molecule has 6 aromatic rings. The average molecular weight is 573 g/mol. The fourth-order valence-corrected chi connectivity index (χ4v) is 6.73. The van der Waals surface area contributed by atoms with Crippen LogP contribution in [0.1, 0.15) is 55.2 Å². The Bertz CT molecular complexity index is 1950. The van der Waals surface area contributed by atoms with Gasteiger partial charge in [-0.1, -0.05) is 115 Å². The molecule has 0 aromatic heterocycles. The Kier molecular flexibility index (Phi) is 6.09. The summed E-state index contributed by atoms with van der Waals surface area (Å²) in [6.07, 6.45) is 0. The highest BCUT2D eigenvalue weighted by molar-refractivity contribution is 5.97. The molecule has 0 atom stereocenters. The molecule has 44 heavy (non-hydrogen) atoms. The first-order valence-corrected chi connectivity index (χ1v) is 14.8. The summed E-state index contributed by atoms with van der Waals surface area (Å²) in [7, 11) is 0. The van der Waals surface area contributed by atoms with E-state index >= 15 is 0 Å². The molecule has 4 nitrogen and oxygen atoms in total. The Morgan fingerprint density at radius 2 is 0.909 bits per heavy atom. The predicted octanol–water partition coefficient (Wildman–Crippen LogP) is 9.54. The van der Waals surface area contributed by atoms with Gasteiger partial charge >= 0.3 is 5.97 Å². The first kappa shape index (κ1) is 26.1. The van der Waals surface area contributed by atoms with Crippen LogP contribution in [-0.2, 0) is 10.3 Å². The molecule has 0 N–H and O–H groups in total. The number of esters is 1. The second-order valence-corrected chi connectivity index (χ2v) is 11.2. The minimum absolute atomic E-state index is 0.243. The van der Waals surface area contributed by atoms with Gasteiger partial charge in [0.25, 0.3) is 0 Å². The molecule has 3 aliphatic rings. The number of fused-ring (bicyclic) bond motifs is 8. The Morgan fingerprint density at radius 3 is 1.50 bits per heavy atom. The van der Waals surface area contributed by atoms with Crippen LogP contribution in [0.4, 0.5) is 0 Å². The van der Waals surface area contributed by atoms with Gasteiger partial charge in [0.2, 0.25) is 0 Å². The van der Waals surface area contributed by atoms with Crippen LogP contribution in [0.5, 0.6) is 23.0 Å². The van der Waals surface area contributed by atoms with Gasteiger partial charge in [0.1, 0.15) is 23.0 Å². The van der Waals surface area contributed by atoms with Gasteiger partial charge in [-0.3, -0.25) is 0 Å². The molecule has 0 saturated carbocycles. The quantitative estimate of drug-likeness (QED) is 0.184. The van der Waals surface area contributed by atoms with Gasteiger partial charge in [0.15, 0.2) is 5.60 Å². The van der Waals surface area contributed by atoms with Crippen molar-refractivity contribution < 1.29 is 19.0 Å². The zero-order chi connectivity index (χ0) is 29.7. The number of hydrogen-bond donors (Lipinski definition) is 0. The number of aryl methyl sites for hydroxylation is 1.